The van der Waals surface area contributed by atoms with Crippen molar-refractivity contribution in [1.82, 2.24) is 10.3 Å². The van der Waals surface area contributed by atoms with E-state index in [2.05, 4.69) is 27.8 Å². The van der Waals surface area contributed by atoms with Gasteiger partial charge in [0.2, 0.25) is 0 Å². The average molecular weight is 335 g/mol. The lowest BCUT2D eigenvalue weighted by Gasteiger charge is -2.56. The molecule has 4 heteroatoms. The van der Waals surface area contributed by atoms with Gasteiger partial charge in [0.05, 0.1) is 5.69 Å². The zero-order valence-electron chi connectivity index (χ0n) is 14.5. The van der Waals surface area contributed by atoms with Crippen molar-refractivity contribution in [3.63, 3.8) is 0 Å². The molecule has 0 unspecified atom stereocenters. The molecule has 2 aliphatic carbocycles. The van der Waals surface area contributed by atoms with E-state index in [1.54, 1.807) is 6.20 Å². The van der Waals surface area contributed by atoms with E-state index in [9.17, 15) is 5.11 Å². The van der Waals surface area contributed by atoms with Crippen molar-refractivity contribution in [2.24, 2.45) is 5.92 Å². The molecule has 0 spiro atoms. The van der Waals surface area contributed by atoms with Crippen LogP contribution in [0.4, 0.5) is 11.5 Å². The molecule has 3 N–H and O–H groups in total. The maximum absolute atomic E-state index is 10.7. The highest BCUT2D eigenvalue weighted by atomic mass is 16.3. The second-order valence-electron chi connectivity index (χ2n) is 7.89. The van der Waals surface area contributed by atoms with E-state index in [0.29, 0.717) is 11.8 Å². The Morgan fingerprint density at radius 3 is 3.04 bits per heavy atom. The monoisotopic (exact) mass is 335 g/mol. The molecule has 2 bridgehead atoms. The fraction of sp³-hybridized carbons (Fsp3) is 0.476. The summed E-state index contributed by atoms with van der Waals surface area (Å²) in [4.78, 5) is 4.31. The van der Waals surface area contributed by atoms with Crippen LogP contribution in [0, 0.1) is 5.92 Å². The molecule has 0 amide bonds. The first-order valence-electron chi connectivity index (χ1n) is 9.54. The Bertz CT molecular complexity index is 787. The number of aromatic hydroxyl groups is 1. The fourth-order valence-electron chi connectivity index (χ4n) is 5.65. The zero-order chi connectivity index (χ0) is 16.9. The van der Waals surface area contributed by atoms with Gasteiger partial charge in [-0.3, -0.25) is 0 Å². The van der Waals surface area contributed by atoms with Crippen molar-refractivity contribution in [2.45, 2.75) is 50.0 Å². The Morgan fingerprint density at radius 1 is 1.20 bits per heavy atom. The number of piperidine rings is 1. The SMILES string of the molecule is Oc1cc2c(cc1Nc1ccccn1)C[C@H]1NCC[C@@]23CCCC[C@@H]13. The van der Waals surface area contributed by atoms with E-state index < -0.39 is 0 Å². The second kappa shape index (κ2) is 5.73. The summed E-state index contributed by atoms with van der Waals surface area (Å²) in [6.07, 6.45) is 9.30. The first kappa shape index (κ1) is 15.2. The molecule has 2 aromatic rings. The van der Waals surface area contributed by atoms with Crippen molar-refractivity contribution < 1.29 is 5.11 Å². The number of pyridine rings is 1. The number of benzene rings is 1. The third kappa shape index (κ3) is 2.35. The van der Waals surface area contributed by atoms with E-state index >= 15 is 0 Å². The quantitative estimate of drug-likeness (QED) is 0.729. The molecule has 1 saturated carbocycles. The van der Waals surface area contributed by atoms with Gasteiger partial charge in [-0.1, -0.05) is 18.9 Å². The lowest BCUT2D eigenvalue weighted by molar-refractivity contribution is 0.0796. The molecule has 2 fully saturated rings. The number of hydrogen-bond acceptors (Lipinski definition) is 4. The van der Waals surface area contributed by atoms with Gasteiger partial charge in [-0.2, -0.15) is 0 Å². The molecule has 2 heterocycles. The highest BCUT2D eigenvalue weighted by molar-refractivity contribution is 5.67. The Hall–Kier alpha value is -2.07. The number of phenolic OH excluding ortho intramolecular Hbond substituents is 1. The summed E-state index contributed by atoms with van der Waals surface area (Å²) in [6.45, 7) is 1.11. The summed E-state index contributed by atoms with van der Waals surface area (Å²) in [6, 6.07) is 10.6. The van der Waals surface area contributed by atoms with E-state index in [1.807, 2.05) is 18.2 Å². The van der Waals surface area contributed by atoms with Crippen molar-refractivity contribution in [2.75, 3.05) is 11.9 Å². The number of phenols is 1. The summed E-state index contributed by atoms with van der Waals surface area (Å²) in [5.41, 5.74) is 3.86. The van der Waals surface area contributed by atoms with Crippen LogP contribution in [0.3, 0.4) is 0 Å². The van der Waals surface area contributed by atoms with Crippen LogP contribution in [0.1, 0.15) is 43.2 Å². The van der Waals surface area contributed by atoms with E-state index in [-0.39, 0.29) is 5.41 Å². The number of fused-ring (bicyclic) bond motifs is 1. The molecule has 1 aliphatic heterocycles. The molecule has 1 aromatic carbocycles. The van der Waals surface area contributed by atoms with Gasteiger partial charge >= 0.3 is 0 Å². The number of nitrogens with one attached hydrogen (secondary N) is 2. The summed E-state index contributed by atoms with van der Waals surface area (Å²) >= 11 is 0. The second-order valence-corrected chi connectivity index (χ2v) is 7.89. The smallest absolute Gasteiger partial charge is 0.139 e. The minimum atomic E-state index is 0.281. The molecule has 5 rings (SSSR count). The minimum Gasteiger partial charge on any atom is -0.506 e. The number of aromatic nitrogens is 1. The summed E-state index contributed by atoms with van der Waals surface area (Å²) in [5, 5.41) is 17.8. The average Bonchev–Trinajstić information content (AvgIpc) is 2.64. The summed E-state index contributed by atoms with van der Waals surface area (Å²) < 4.78 is 0. The normalized spacial score (nSPS) is 30.2. The predicted molar refractivity (Wildman–Crippen MR) is 99.4 cm³/mol. The number of anilines is 2. The summed E-state index contributed by atoms with van der Waals surface area (Å²) in [7, 11) is 0. The van der Waals surface area contributed by atoms with E-state index in [4.69, 9.17) is 0 Å². The van der Waals surface area contributed by atoms with E-state index in [0.717, 1.165) is 30.4 Å². The topological polar surface area (TPSA) is 57.2 Å². The maximum Gasteiger partial charge on any atom is 0.139 e. The van der Waals surface area contributed by atoms with Crippen LogP contribution in [0.25, 0.3) is 0 Å². The van der Waals surface area contributed by atoms with Crippen molar-refractivity contribution >= 4 is 11.5 Å². The third-order valence-electron chi connectivity index (χ3n) is 6.69. The predicted octanol–water partition coefficient (Wildman–Crippen LogP) is 3.88. The molecular formula is C21H25N3O. The van der Waals surface area contributed by atoms with Gasteiger partial charge in [0, 0.05) is 17.7 Å². The van der Waals surface area contributed by atoms with Gasteiger partial charge in [0.1, 0.15) is 11.6 Å². The van der Waals surface area contributed by atoms with Crippen LogP contribution < -0.4 is 10.6 Å². The molecular weight excluding hydrogens is 310 g/mol. The van der Waals surface area contributed by atoms with Crippen molar-refractivity contribution in [3.05, 3.63) is 47.7 Å². The maximum atomic E-state index is 10.7. The highest BCUT2D eigenvalue weighted by Crippen LogP contribution is 2.55. The first-order chi connectivity index (χ1) is 12.3. The molecule has 1 saturated heterocycles. The van der Waals surface area contributed by atoms with Crippen molar-refractivity contribution in [3.8, 4) is 5.75 Å². The lowest BCUT2D eigenvalue weighted by atomic mass is 9.53. The largest absolute Gasteiger partial charge is 0.506 e. The van der Waals surface area contributed by atoms with Crippen LogP contribution in [-0.4, -0.2) is 22.7 Å². The van der Waals surface area contributed by atoms with Gasteiger partial charge in [-0.05, 0) is 73.5 Å². The molecule has 130 valence electrons. The number of nitrogens with zero attached hydrogens (tertiary/aromatic N) is 1. The van der Waals surface area contributed by atoms with Crippen molar-refractivity contribution in [1.29, 1.82) is 0 Å². The Morgan fingerprint density at radius 2 is 2.16 bits per heavy atom. The highest BCUT2D eigenvalue weighted by Gasteiger charge is 2.51. The van der Waals surface area contributed by atoms with Gasteiger partial charge in [-0.25, -0.2) is 4.98 Å². The number of hydrogen-bond donors (Lipinski definition) is 3. The Kier molecular flexibility index (Phi) is 3.49. The van der Waals surface area contributed by atoms with Crippen LogP contribution >= 0.6 is 0 Å². The lowest BCUT2D eigenvalue weighted by Crippen LogP contribution is -2.59. The molecule has 1 aromatic heterocycles. The van der Waals surface area contributed by atoms with Gasteiger partial charge in [0.25, 0.3) is 0 Å². The standard InChI is InChI=1S/C21H25N3O/c25-19-13-16-14(12-18(19)24-20-6-2-4-9-23-20)11-17-15-5-1-3-7-21(15,16)8-10-22-17/h2,4,6,9,12-13,15,17,22,25H,1,3,5,7-8,10-11H2,(H,23,24)/t15-,17+,21+/m0/s1. The molecule has 25 heavy (non-hydrogen) atoms. The van der Waals surface area contributed by atoms with Gasteiger partial charge in [0.15, 0.2) is 0 Å². The van der Waals surface area contributed by atoms with Gasteiger partial charge < -0.3 is 15.7 Å². The minimum absolute atomic E-state index is 0.281. The summed E-state index contributed by atoms with van der Waals surface area (Å²) in [5.74, 6) is 1.84. The Labute approximate surface area is 148 Å². The first-order valence-corrected chi connectivity index (χ1v) is 9.54. The van der Waals surface area contributed by atoms with Gasteiger partial charge in [-0.15, -0.1) is 0 Å². The van der Waals surface area contributed by atoms with Crippen LogP contribution in [0.2, 0.25) is 0 Å². The zero-order valence-corrected chi connectivity index (χ0v) is 14.5. The van der Waals surface area contributed by atoms with Crippen LogP contribution in [-0.2, 0) is 11.8 Å². The molecule has 4 nitrogen and oxygen atoms in total. The molecule has 3 aliphatic rings. The molecule has 0 radical (unpaired) electrons. The Balaban J connectivity index is 1.57. The van der Waals surface area contributed by atoms with Crippen LogP contribution in [0.15, 0.2) is 36.5 Å². The van der Waals surface area contributed by atoms with Crippen LogP contribution in [0.5, 0.6) is 5.75 Å². The third-order valence-corrected chi connectivity index (χ3v) is 6.69. The molecule has 3 atom stereocenters. The van der Waals surface area contributed by atoms with E-state index in [1.165, 1.54) is 43.2 Å². The number of rotatable bonds is 2. The fourth-order valence-corrected chi connectivity index (χ4v) is 5.65.